The Labute approximate surface area is 120 Å². The third-order valence-corrected chi connectivity index (χ3v) is 3.00. The number of tetrazole rings is 1. The van der Waals surface area contributed by atoms with Gasteiger partial charge in [-0.1, -0.05) is 24.3 Å². The summed E-state index contributed by atoms with van der Waals surface area (Å²) in [4.78, 5) is 0. The first kappa shape index (κ1) is 12.9. The molecule has 0 fully saturated rings. The molecule has 0 spiro atoms. The lowest BCUT2D eigenvalue weighted by atomic mass is 10.1. The standard InChI is InChI=1S/C15H10FN5/c16-14-6-2-5-13(8-14)15-18-19-20-21(15)10-12-4-1-3-11(7-12)9-17/h1-8H,10H2. The number of hydrogen-bond acceptors (Lipinski definition) is 4. The van der Waals surface area contributed by atoms with E-state index in [1.165, 1.54) is 12.1 Å². The topological polar surface area (TPSA) is 67.4 Å². The average molecular weight is 279 g/mol. The summed E-state index contributed by atoms with van der Waals surface area (Å²) in [5, 5.41) is 20.4. The molecule has 0 saturated carbocycles. The zero-order chi connectivity index (χ0) is 14.7. The molecule has 0 aliphatic rings. The number of aromatic nitrogens is 4. The molecule has 0 aliphatic carbocycles. The highest BCUT2D eigenvalue weighted by Gasteiger charge is 2.10. The van der Waals surface area contributed by atoms with Gasteiger partial charge < -0.3 is 0 Å². The molecule has 2 aromatic carbocycles. The third kappa shape index (κ3) is 2.77. The number of nitrogens with zero attached hydrogens (tertiary/aromatic N) is 5. The monoisotopic (exact) mass is 279 g/mol. The van der Waals surface area contributed by atoms with Crippen molar-refractivity contribution in [1.82, 2.24) is 20.2 Å². The van der Waals surface area contributed by atoms with Crippen LogP contribution in [0.2, 0.25) is 0 Å². The molecule has 21 heavy (non-hydrogen) atoms. The van der Waals surface area contributed by atoms with Crippen LogP contribution in [-0.4, -0.2) is 20.2 Å². The van der Waals surface area contributed by atoms with E-state index in [9.17, 15) is 4.39 Å². The van der Waals surface area contributed by atoms with Crippen molar-refractivity contribution in [2.24, 2.45) is 0 Å². The largest absolute Gasteiger partial charge is 0.221 e. The molecule has 0 saturated heterocycles. The maximum Gasteiger partial charge on any atom is 0.182 e. The van der Waals surface area contributed by atoms with Crippen LogP contribution in [0.1, 0.15) is 11.1 Å². The second-order valence-corrected chi connectivity index (χ2v) is 4.48. The Balaban J connectivity index is 1.94. The van der Waals surface area contributed by atoms with Crippen LogP contribution in [-0.2, 0) is 6.54 Å². The minimum atomic E-state index is -0.339. The van der Waals surface area contributed by atoms with Crippen LogP contribution >= 0.6 is 0 Å². The third-order valence-electron chi connectivity index (χ3n) is 3.00. The first-order valence-electron chi connectivity index (χ1n) is 6.27. The van der Waals surface area contributed by atoms with Gasteiger partial charge in [-0.2, -0.15) is 5.26 Å². The Hall–Kier alpha value is -3.07. The molecule has 0 unspecified atom stereocenters. The highest BCUT2D eigenvalue weighted by molar-refractivity contribution is 5.54. The van der Waals surface area contributed by atoms with Gasteiger partial charge >= 0.3 is 0 Å². The summed E-state index contributed by atoms with van der Waals surface area (Å²) in [6.07, 6.45) is 0. The fraction of sp³-hybridized carbons (Fsp3) is 0.0667. The molecule has 3 rings (SSSR count). The fourth-order valence-electron chi connectivity index (χ4n) is 2.06. The van der Waals surface area contributed by atoms with Crippen molar-refractivity contribution >= 4 is 0 Å². The van der Waals surface area contributed by atoms with Gasteiger partial charge in [0.2, 0.25) is 0 Å². The van der Waals surface area contributed by atoms with Crippen LogP contribution in [0.5, 0.6) is 0 Å². The van der Waals surface area contributed by atoms with Crippen LogP contribution in [0.3, 0.4) is 0 Å². The molecule has 6 heteroatoms. The predicted octanol–water partition coefficient (Wildman–Crippen LogP) is 2.40. The summed E-state index contributed by atoms with van der Waals surface area (Å²) in [7, 11) is 0. The fourth-order valence-corrected chi connectivity index (χ4v) is 2.06. The second kappa shape index (κ2) is 5.51. The minimum absolute atomic E-state index is 0.339. The van der Waals surface area contributed by atoms with E-state index in [1.54, 1.807) is 35.0 Å². The molecule has 0 radical (unpaired) electrons. The van der Waals surface area contributed by atoms with E-state index in [1.807, 2.05) is 6.07 Å². The highest BCUT2D eigenvalue weighted by atomic mass is 19.1. The zero-order valence-corrected chi connectivity index (χ0v) is 10.9. The summed E-state index contributed by atoms with van der Waals surface area (Å²) in [5.41, 5.74) is 2.09. The van der Waals surface area contributed by atoms with Crippen molar-refractivity contribution in [1.29, 1.82) is 5.26 Å². The van der Waals surface area contributed by atoms with Gasteiger partial charge in [0.1, 0.15) is 5.82 Å². The van der Waals surface area contributed by atoms with Gasteiger partial charge in [-0.15, -0.1) is 5.10 Å². The average Bonchev–Trinajstić information content (AvgIpc) is 2.95. The summed E-state index contributed by atoms with van der Waals surface area (Å²) < 4.78 is 14.9. The van der Waals surface area contributed by atoms with Crippen molar-refractivity contribution in [2.75, 3.05) is 0 Å². The number of nitriles is 1. The van der Waals surface area contributed by atoms with Gasteiger partial charge in [-0.3, -0.25) is 0 Å². The van der Waals surface area contributed by atoms with Crippen molar-refractivity contribution in [3.63, 3.8) is 0 Å². The van der Waals surface area contributed by atoms with E-state index >= 15 is 0 Å². The number of hydrogen-bond donors (Lipinski definition) is 0. The van der Waals surface area contributed by atoms with Crippen LogP contribution in [0, 0.1) is 17.1 Å². The van der Waals surface area contributed by atoms with Crippen LogP contribution in [0.25, 0.3) is 11.4 Å². The Kier molecular flexibility index (Phi) is 3.39. The van der Waals surface area contributed by atoms with Crippen LogP contribution in [0.15, 0.2) is 48.5 Å². The SMILES string of the molecule is N#Cc1cccc(Cn2nnnc2-c2cccc(F)c2)c1. The quantitative estimate of drug-likeness (QED) is 0.738. The smallest absolute Gasteiger partial charge is 0.182 e. The maximum absolute atomic E-state index is 13.3. The van der Waals surface area contributed by atoms with E-state index in [0.717, 1.165) is 5.56 Å². The Bertz CT molecular complexity index is 819. The van der Waals surface area contributed by atoms with Gasteiger partial charge in [0.05, 0.1) is 18.2 Å². The zero-order valence-electron chi connectivity index (χ0n) is 10.9. The lowest BCUT2D eigenvalue weighted by Gasteiger charge is -2.05. The van der Waals surface area contributed by atoms with Crippen molar-refractivity contribution in [2.45, 2.75) is 6.54 Å². The lowest BCUT2D eigenvalue weighted by molar-refractivity contribution is 0.626. The molecule has 1 aromatic heterocycles. The predicted molar refractivity (Wildman–Crippen MR) is 73.5 cm³/mol. The number of halogens is 1. The molecule has 3 aromatic rings. The van der Waals surface area contributed by atoms with Crippen molar-refractivity contribution < 1.29 is 4.39 Å². The first-order chi connectivity index (χ1) is 10.3. The Morgan fingerprint density at radius 3 is 2.81 bits per heavy atom. The molecular weight excluding hydrogens is 269 g/mol. The van der Waals surface area contributed by atoms with Gasteiger partial charge in [0.15, 0.2) is 5.82 Å². The molecule has 0 atom stereocenters. The molecule has 0 bridgehead atoms. The molecule has 0 amide bonds. The van der Waals surface area contributed by atoms with Gasteiger partial charge in [-0.25, -0.2) is 9.07 Å². The van der Waals surface area contributed by atoms with Gasteiger partial charge in [-0.05, 0) is 40.3 Å². The normalized spacial score (nSPS) is 10.3. The minimum Gasteiger partial charge on any atom is -0.221 e. The van der Waals surface area contributed by atoms with Gasteiger partial charge in [0.25, 0.3) is 0 Å². The summed E-state index contributed by atoms with van der Waals surface area (Å²) in [6.45, 7) is 0.411. The summed E-state index contributed by atoms with van der Waals surface area (Å²) in [5.74, 6) is 0.144. The molecule has 0 aliphatic heterocycles. The Morgan fingerprint density at radius 2 is 2.00 bits per heavy atom. The Morgan fingerprint density at radius 1 is 1.14 bits per heavy atom. The summed E-state index contributed by atoms with van der Waals surface area (Å²) >= 11 is 0. The van der Waals surface area contributed by atoms with Crippen molar-refractivity contribution in [3.05, 3.63) is 65.5 Å². The number of benzene rings is 2. The highest BCUT2D eigenvalue weighted by Crippen LogP contribution is 2.17. The first-order valence-corrected chi connectivity index (χ1v) is 6.27. The molecular formula is C15H10FN5. The van der Waals surface area contributed by atoms with Gasteiger partial charge in [0, 0.05) is 5.56 Å². The van der Waals surface area contributed by atoms with Crippen molar-refractivity contribution in [3.8, 4) is 17.5 Å². The molecule has 5 nitrogen and oxygen atoms in total. The lowest BCUT2D eigenvalue weighted by Crippen LogP contribution is -2.04. The van der Waals surface area contributed by atoms with E-state index in [4.69, 9.17) is 5.26 Å². The molecule has 0 N–H and O–H groups in total. The second-order valence-electron chi connectivity index (χ2n) is 4.48. The summed E-state index contributed by atoms with van der Waals surface area (Å²) in [6, 6.07) is 15.4. The van der Waals surface area contributed by atoms with Crippen LogP contribution < -0.4 is 0 Å². The molecule has 102 valence electrons. The van der Waals surface area contributed by atoms with E-state index in [-0.39, 0.29) is 5.82 Å². The number of rotatable bonds is 3. The molecule has 1 heterocycles. The van der Waals surface area contributed by atoms with Crippen LogP contribution in [0.4, 0.5) is 4.39 Å². The maximum atomic E-state index is 13.3. The van der Waals surface area contributed by atoms with E-state index < -0.39 is 0 Å². The van der Waals surface area contributed by atoms with E-state index in [0.29, 0.717) is 23.5 Å². The van der Waals surface area contributed by atoms with E-state index in [2.05, 4.69) is 21.6 Å².